The second-order valence-corrected chi connectivity index (χ2v) is 5.50. The Morgan fingerprint density at radius 3 is 2.23 bits per heavy atom. The van der Waals surface area contributed by atoms with Crippen LogP contribution in [0.4, 0.5) is 0 Å². The van der Waals surface area contributed by atoms with Crippen LogP contribution in [-0.4, -0.2) is 10.1 Å². The summed E-state index contributed by atoms with van der Waals surface area (Å²) in [6, 6.07) is 9.24. The van der Waals surface area contributed by atoms with E-state index in [-0.39, 0.29) is 0 Å². The minimum Gasteiger partial charge on any atom is -0.507 e. The van der Waals surface area contributed by atoms with Gasteiger partial charge in [0.1, 0.15) is 11.5 Å². The number of unbranched alkanes of at least 4 members (excludes halogenated alkanes) is 2. The van der Waals surface area contributed by atoms with Gasteiger partial charge >= 0.3 is 0 Å². The van der Waals surface area contributed by atoms with Crippen LogP contribution in [0.25, 0.3) is 0 Å². The lowest BCUT2D eigenvalue weighted by atomic mass is 9.99. The molecular formula is C19H24NO2. The molecule has 1 heterocycles. The molecule has 3 heteroatoms. The molecule has 0 aliphatic carbocycles. The first-order chi connectivity index (χ1) is 10.7. The zero-order valence-corrected chi connectivity index (χ0v) is 13.4. The molecule has 1 N–H and O–H groups in total. The Kier molecular flexibility index (Phi) is 6.26. The molecule has 0 unspecified atom stereocenters. The van der Waals surface area contributed by atoms with E-state index in [9.17, 15) is 5.11 Å². The van der Waals surface area contributed by atoms with Crippen molar-refractivity contribution < 1.29 is 9.84 Å². The van der Waals surface area contributed by atoms with Gasteiger partial charge in [-0.1, -0.05) is 32.8 Å². The Bertz CT molecular complexity index is 552. The lowest BCUT2D eigenvalue weighted by Crippen LogP contribution is -1.96. The van der Waals surface area contributed by atoms with Gasteiger partial charge < -0.3 is 9.84 Å². The van der Waals surface area contributed by atoms with E-state index in [2.05, 4.69) is 25.0 Å². The topological polar surface area (TPSA) is 42.4 Å². The number of rotatable bonds is 8. The third-order valence-electron chi connectivity index (χ3n) is 3.65. The summed E-state index contributed by atoms with van der Waals surface area (Å²) in [6.45, 7) is 4.30. The first kappa shape index (κ1) is 16.3. The van der Waals surface area contributed by atoms with E-state index in [1.807, 2.05) is 18.2 Å². The maximum Gasteiger partial charge on any atom is 0.219 e. The van der Waals surface area contributed by atoms with Crippen LogP contribution in [0.1, 0.15) is 50.7 Å². The predicted molar refractivity (Wildman–Crippen MR) is 88.5 cm³/mol. The van der Waals surface area contributed by atoms with Gasteiger partial charge in [0, 0.05) is 6.07 Å². The zero-order chi connectivity index (χ0) is 15.8. The lowest BCUT2D eigenvalue weighted by Gasteiger charge is -2.13. The van der Waals surface area contributed by atoms with Crippen molar-refractivity contribution in [2.45, 2.75) is 52.4 Å². The van der Waals surface area contributed by atoms with E-state index in [0.717, 1.165) is 55.4 Å². The lowest BCUT2D eigenvalue weighted by molar-refractivity contribution is 0.442. The molecule has 0 amide bonds. The maximum atomic E-state index is 10.5. The first-order valence-corrected chi connectivity index (χ1v) is 8.10. The minimum atomic E-state index is 0.432. The van der Waals surface area contributed by atoms with Crippen molar-refractivity contribution >= 4 is 0 Å². The number of phenols is 1. The average molecular weight is 298 g/mol. The normalized spacial score (nSPS) is 10.6. The van der Waals surface area contributed by atoms with E-state index in [0.29, 0.717) is 11.6 Å². The van der Waals surface area contributed by atoms with Crippen LogP contribution in [0, 0.1) is 6.20 Å². The highest BCUT2D eigenvalue weighted by molar-refractivity contribution is 5.47. The summed E-state index contributed by atoms with van der Waals surface area (Å²) < 4.78 is 5.82. The van der Waals surface area contributed by atoms with Gasteiger partial charge in [-0.05, 0) is 55.0 Å². The number of phenolic OH excluding ortho intramolecular Hbond substituents is 1. The van der Waals surface area contributed by atoms with Crippen molar-refractivity contribution in [2.24, 2.45) is 0 Å². The van der Waals surface area contributed by atoms with E-state index >= 15 is 0 Å². The summed E-state index contributed by atoms with van der Waals surface area (Å²) in [5, 5.41) is 10.5. The number of nitrogens with zero attached hydrogens (tertiary/aromatic N) is 1. The van der Waals surface area contributed by atoms with E-state index in [1.54, 1.807) is 12.1 Å². The highest BCUT2D eigenvalue weighted by Crippen LogP contribution is 2.32. The van der Waals surface area contributed by atoms with Gasteiger partial charge in [-0.3, -0.25) is 0 Å². The molecule has 1 aromatic heterocycles. The SMILES string of the molecule is CCCCc1cc(Oc2ccc[c]n2)cc(CCCC)c1O. The molecular weight excluding hydrogens is 274 g/mol. The number of ether oxygens (including phenoxy) is 1. The third kappa shape index (κ3) is 4.48. The molecule has 2 aromatic rings. The van der Waals surface area contributed by atoms with E-state index in [1.165, 1.54) is 0 Å². The second-order valence-electron chi connectivity index (χ2n) is 5.50. The number of aryl methyl sites for hydroxylation is 2. The number of pyridine rings is 1. The molecule has 0 aliphatic heterocycles. The number of aromatic nitrogens is 1. The Morgan fingerprint density at radius 2 is 1.73 bits per heavy atom. The number of aromatic hydroxyl groups is 1. The van der Waals surface area contributed by atoms with Crippen molar-refractivity contribution in [3.05, 3.63) is 47.7 Å². The van der Waals surface area contributed by atoms with Crippen LogP contribution in [0.5, 0.6) is 17.4 Å². The fourth-order valence-electron chi connectivity index (χ4n) is 2.39. The largest absolute Gasteiger partial charge is 0.507 e. The second kappa shape index (κ2) is 8.42. The van der Waals surface area contributed by atoms with Gasteiger partial charge in [-0.25, -0.2) is 4.98 Å². The summed E-state index contributed by atoms with van der Waals surface area (Å²) in [7, 11) is 0. The molecule has 2 rings (SSSR count). The summed E-state index contributed by atoms with van der Waals surface area (Å²) in [5.41, 5.74) is 1.93. The number of benzene rings is 1. The van der Waals surface area contributed by atoms with Crippen LogP contribution in [0.15, 0.2) is 30.3 Å². The van der Waals surface area contributed by atoms with Crippen LogP contribution < -0.4 is 4.74 Å². The van der Waals surface area contributed by atoms with Gasteiger partial charge in [-0.15, -0.1) is 0 Å². The van der Waals surface area contributed by atoms with Gasteiger partial charge in [0.05, 0.1) is 6.20 Å². The first-order valence-electron chi connectivity index (χ1n) is 8.10. The summed E-state index contributed by atoms with van der Waals surface area (Å²) in [5.74, 6) is 1.69. The van der Waals surface area contributed by atoms with Crippen molar-refractivity contribution in [3.8, 4) is 17.4 Å². The van der Waals surface area contributed by atoms with Crippen molar-refractivity contribution in [3.63, 3.8) is 0 Å². The van der Waals surface area contributed by atoms with Crippen LogP contribution in [-0.2, 0) is 12.8 Å². The molecule has 0 atom stereocenters. The van der Waals surface area contributed by atoms with E-state index in [4.69, 9.17) is 4.74 Å². The van der Waals surface area contributed by atoms with Gasteiger partial charge in [0.25, 0.3) is 0 Å². The predicted octanol–water partition coefficient (Wildman–Crippen LogP) is 5.06. The Hall–Kier alpha value is -2.03. The zero-order valence-electron chi connectivity index (χ0n) is 13.4. The summed E-state index contributed by atoms with van der Waals surface area (Å²) in [4.78, 5) is 4.07. The smallest absolute Gasteiger partial charge is 0.219 e. The van der Waals surface area contributed by atoms with Gasteiger partial charge in [-0.2, -0.15) is 0 Å². The fraction of sp³-hybridized carbons (Fsp3) is 0.421. The van der Waals surface area contributed by atoms with Crippen LogP contribution in [0.3, 0.4) is 0 Å². The number of hydrogen-bond acceptors (Lipinski definition) is 3. The Labute approximate surface area is 133 Å². The molecule has 0 spiro atoms. The molecule has 0 bridgehead atoms. The number of hydrogen-bond donors (Lipinski definition) is 1. The third-order valence-corrected chi connectivity index (χ3v) is 3.65. The minimum absolute atomic E-state index is 0.432. The molecule has 0 fully saturated rings. The monoisotopic (exact) mass is 298 g/mol. The van der Waals surface area contributed by atoms with Crippen LogP contribution in [0.2, 0.25) is 0 Å². The van der Waals surface area contributed by atoms with Gasteiger partial charge in [0.2, 0.25) is 5.88 Å². The van der Waals surface area contributed by atoms with Gasteiger partial charge in [0.15, 0.2) is 0 Å². The summed E-state index contributed by atoms with van der Waals surface area (Å²) in [6.07, 6.45) is 8.82. The maximum absolute atomic E-state index is 10.5. The Morgan fingerprint density at radius 1 is 1.09 bits per heavy atom. The van der Waals surface area contributed by atoms with Crippen molar-refractivity contribution in [1.82, 2.24) is 4.98 Å². The molecule has 0 saturated heterocycles. The quantitative estimate of drug-likeness (QED) is 0.740. The van der Waals surface area contributed by atoms with Crippen molar-refractivity contribution in [2.75, 3.05) is 0 Å². The fourth-order valence-corrected chi connectivity index (χ4v) is 2.39. The standard InChI is InChI=1S/C19H24NO2/c1-3-5-9-15-13-17(22-18-11-7-8-12-20-18)14-16(19(15)21)10-6-4-2/h7-8,11,13-14,21H,3-6,9-10H2,1-2H3. The molecule has 117 valence electrons. The molecule has 3 nitrogen and oxygen atoms in total. The highest BCUT2D eigenvalue weighted by atomic mass is 16.5. The Balaban J connectivity index is 2.27. The molecule has 0 aliphatic rings. The molecule has 1 aromatic carbocycles. The molecule has 1 radical (unpaired) electrons. The molecule has 0 saturated carbocycles. The van der Waals surface area contributed by atoms with E-state index < -0.39 is 0 Å². The van der Waals surface area contributed by atoms with Crippen LogP contribution >= 0.6 is 0 Å². The highest BCUT2D eigenvalue weighted by Gasteiger charge is 2.11. The summed E-state index contributed by atoms with van der Waals surface area (Å²) >= 11 is 0. The molecule has 22 heavy (non-hydrogen) atoms. The van der Waals surface area contributed by atoms with Crippen molar-refractivity contribution in [1.29, 1.82) is 0 Å². The average Bonchev–Trinajstić information content (AvgIpc) is 2.54.